The van der Waals surface area contributed by atoms with Gasteiger partial charge in [-0.1, -0.05) is 18.2 Å². The van der Waals surface area contributed by atoms with E-state index < -0.39 is 6.17 Å². The van der Waals surface area contributed by atoms with Gasteiger partial charge in [0.1, 0.15) is 18.0 Å². The first-order chi connectivity index (χ1) is 7.27. The fourth-order valence-corrected chi connectivity index (χ4v) is 1.82. The van der Waals surface area contributed by atoms with Crippen LogP contribution in [0.2, 0.25) is 0 Å². The Bertz CT molecular complexity index is 321. The Morgan fingerprint density at radius 2 is 2.27 bits per heavy atom. The van der Waals surface area contributed by atoms with Crippen LogP contribution in [0.5, 0.6) is 5.75 Å². The Labute approximate surface area is 89.4 Å². The van der Waals surface area contributed by atoms with E-state index in [1.165, 1.54) is 6.92 Å². The van der Waals surface area contributed by atoms with E-state index in [0.29, 0.717) is 11.3 Å². The molecular formula is C12H16FNO. The molecule has 2 unspecified atom stereocenters. The van der Waals surface area contributed by atoms with Crippen molar-refractivity contribution in [1.82, 2.24) is 5.32 Å². The Morgan fingerprint density at radius 3 is 2.93 bits per heavy atom. The van der Waals surface area contributed by atoms with Crippen LogP contribution in [-0.4, -0.2) is 19.2 Å². The number of ether oxygens (including phenoxy) is 1. The average Bonchev–Trinajstić information content (AvgIpc) is 2.71. The summed E-state index contributed by atoms with van der Waals surface area (Å²) in [7, 11) is 0. The van der Waals surface area contributed by atoms with Crippen molar-refractivity contribution in [1.29, 1.82) is 0 Å². The van der Waals surface area contributed by atoms with Gasteiger partial charge in [-0.25, -0.2) is 4.39 Å². The molecule has 15 heavy (non-hydrogen) atoms. The van der Waals surface area contributed by atoms with Crippen molar-refractivity contribution >= 4 is 0 Å². The molecule has 0 bridgehead atoms. The molecule has 1 aliphatic heterocycles. The van der Waals surface area contributed by atoms with Crippen molar-refractivity contribution in [2.24, 2.45) is 0 Å². The van der Waals surface area contributed by atoms with Crippen LogP contribution < -0.4 is 10.1 Å². The third-order valence-corrected chi connectivity index (χ3v) is 2.66. The fourth-order valence-electron chi connectivity index (χ4n) is 1.82. The van der Waals surface area contributed by atoms with E-state index in [9.17, 15) is 4.39 Å². The summed E-state index contributed by atoms with van der Waals surface area (Å²) in [5, 5.41) is 3.22. The SMILES string of the molecule is CC(F)c1ccccc1OC1CCNC1. The normalized spacial score (nSPS) is 22.7. The topological polar surface area (TPSA) is 21.3 Å². The first-order valence-electron chi connectivity index (χ1n) is 5.38. The molecule has 1 aliphatic rings. The maximum Gasteiger partial charge on any atom is 0.126 e. The second-order valence-corrected chi connectivity index (χ2v) is 3.89. The molecule has 0 spiro atoms. The Balaban J connectivity index is 2.12. The van der Waals surface area contributed by atoms with Gasteiger partial charge in [0, 0.05) is 12.1 Å². The largest absolute Gasteiger partial charge is 0.489 e. The van der Waals surface area contributed by atoms with Crippen LogP contribution in [0.4, 0.5) is 4.39 Å². The number of alkyl halides is 1. The van der Waals surface area contributed by atoms with Crippen molar-refractivity contribution < 1.29 is 9.13 Å². The highest BCUT2D eigenvalue weighted by Gasteiger charge is 2.18. The molecule has 2 nitrogen and oxygen atoms in total. The van der Waals surface area contributed by atoms with Crippen LogP contribution in [0.25, 0.3) is 0 Å². The zero-order valence-corrected chi connectivity index (χ0v) is 8.87. The summed E-state index contributed by atoms with van der Waals surface area (Å²) in [6, 6.07) is 7.33. The van der Waals surface area contributed by atoms with Crippen molar-refractivity contribution in [3.05, 3.63) is 29.8 Å². The number of halogens is 1. The minimum absolute atomic E-state index is 0.185. The number of para-hydroxylation sites is 1. The van der Waals surface area contributed by atoms with Gasteiger partial charge in [0.2, 0.25) is 0 Å². The predicted molar refractivity (Wildman–Crippen MR) is 57.9 cm³/mol. The monoisotopic (exact) mass is 209 g/mol. The van der Waals surface area contributed by atoms with Gasteiger partial charge in [0.25, 0.3) is 0 Å². The fraction of sp³-hybridized carbons (Fsp3) is 0.500. The minimum Gasteiger partial charge on any atom is -0.489 e. The van der Waals surface area contributed by atoms with Crippen molar-refractivity contribution in [3.63, 3.8) is 0 Å². The van der Waals surface area contributed by atoms with E-state index in [-0.39, 0.29) is 6.10 Å². The highest BCUT2D eigenvalue weighted by atomic mass is 19.1. The lowest BCUT2D eigenvalue weighted by Crippen LogP contribution is -2.20. The highest BCUT2D eigenvalue weighted by Crippen LogP contribution is 2.28. The molecule has 0 amide bonds. The van der Waals surface area contributed by atoms with Crippen LogP contribution in [-0.2, 0) is 0 Å². The number of nitrogens with one attached hydrogen (secondary N) is 1. The third kappa shape index (κ3) is 2.48. The summed E-state index contributed by atoms with van der Waals surface area (Å²) in [5.41, 5.74) is 0.643. The van der Waals surface area contributed by atoms with Crippen LogP contribution in [0.1, 0.15) is 25.1 Å². The van der Waals surface area contributed by atoms with E-state index in [4.69, 9.17) is 4.74 Å². The predicted octanol–water partition coefficient (Wildman–Crippen LogP) is 2.46. The zero-order chi connectivity index (χ0) is 10.7. The van der Waals surface area contributed by atoms with E-state index in [1.807, 2.05) is 18.2 Å². The van der Waals surface area contributed by atoms with E-state index in [0.717, 1.165) is 19.5 Å². The molecule has 3 heteroatoms. The highest BCUT2D eigenvalue weighted by molar-refractivity contribution is 5.35. The quantitative estimate of drug-likeness (QED) is 0.825. The molecule has 2 atom stereocenters. The molecule has 1 aromatic carbocycles. The molecule has 1 saturated heterocycles. The summed E-state index contributed by atoms with van der Waals surface area (Å²) in [5.74, 6) is 0.682. The Morgan fingerprint density at radius 1 is 1.47 bits per heavy atom. The van der Waals surface area contributed by atoms with Gasteiger partial charge in [0.05, 0.1) is 0 Å². The van der Waals surface area contributed by atoms with Gasteiger partial charge in [-0.3, -0.25) is 0 Å². The Kier molecular flexibility index (Phi) is 3.21. The second kappa shape index (κ2) is 4.62. The minimum atomic E-state index is -0.976. The van der Waals surface area contributed by atoms with Crippen LogP contribution in [0.15, 0.2) is 24.3 Å². The maximum atomic E-state index is 13.3. The number of hydrogen-bond donors (Lipinski definition) is 1. The lowest BCUT2D eigenvalue weighted by Gasteiger charge is -2.16. The van der Waals surface area contributed by atoms with E-state index in [1.54, 1.807) is 6.07 Å². The van der Waals surface area contributed by atoms with Gasteiger partial charge in [-0.05, 0) is 26.0 Å². The zero-order valence-electron chi connectivity index (χ0n) is 8.87. The summed E-state index contributed by atoms with van der Waals surface area (Å²) < 4.78 is 19.0. The van der Waals surface area contributed by atoms with E-state index >= 15 is 0 Å². The van der Waals surface area contributed by atoms with Gasteiger partial charge in [-0.15, -0.1) is 0 Å². The molecule has 82 valence electrons. The average molecular weight is 209 g/mol. The standard InChI is InChI=1S/C12H16FNO/c1-9(13)11-4-2-3-5-12(11)15-10-6-7-14-8-10/h2-5,9-10,14H,6-8H2,1H3. The third-order valence-electron chi connectivity index (χ3n) is 2.66. The van der Waals surface area contributed by atoms with Gasteiger partial charge in [0.15, 0.2) is 0 Å². The van der Waals surface area contributed by atoms with Crippen molar-refractivity contribution in [2.75, 3.05) is 13.1 Å². The summed E-state index contributed by atoms with van der Waals surface area (Å²) in [6.45, 7) is 3.38. The first-order valence-corrected chi connectivity index (χ1v) is 5.38. The molecule has 0 saturated carbocycles. The first kappa shape index (κ1) is 10.4. The molecule has 1 N–H and O–H groups in total. The van der Waals surface area contributed by atoms with Crippen LogP contribution >= 0.6 is 0 Å². The van der Waals surface area contributed by atoms with Crippen LogP contribution in [0.3, 0.4) is 0 Å². The second-order valence-electron chi connectivity index (χ2n) is 3.89. The summed E-state index contributed by atoms with van der Waals surface area (Å²) >= 11 is 0. The molecule has 1 fully saturated rings. The number of rotatable bonds is 3. The molecule has 0 aliphatic carbocycles. The lowest BCUT2D eigenvalue weighted by molar-refractivity contribution is 0.215. The molecule has 0 radical (unpaired) electrons. The van der Waals surface area contributed by atoms with Crippen molar-refractivity contribution in [2.45, 2.75) is 25.6 Å². The number of hydrogen-bond acceptors (Lipinski definition) is 2. The van der Waals surface area contributed by atoms with Crippen molar-refractivity contribution in [3.8, 4) is 5.75 Å². The van der Waals surface area contributed by atoms with Gasteiger partial charge in [-0.2, -0.15) is 0 Å². The van der Waals surface area contributed by atoms with Gasteiger partial charge < -0.3 is 10.1 Å². The van der Waals surface area contributed by atoms with E-state index in [2.05, 4.69) is 5.32 Å². The molecule has 0 aromatic heterocycles. The van der Waals surface area contributed by atoms with Gasteiger partial charge >= 0.3 is 0 Å². The molecule has 2 rings (SSSR count). The molecule has 1 aromatic rings. The Hall–Kier alpha value is -1.09. The summed E-state index contributed by atoms with van der Waals surface area (Å²) in [4.78, 5) is 0. The molecular weight excluding hydrogens is 193 g/mol. The molecule has 1 heterocycles. The van der Waals surface area contributed by atoms with Crippen LogP contribution in [0, 0.1) is 0 Å². The lowest BCUT2D eigenvalue weighted by atomic mass is 10.1. The maximum absolute atomic E-state index is 13.3. The smallest absolute Gasteiger partial charge is 0.126 e. The summed E-state index contributed by atoms with van der Waals surface area (Å²) in [6.07, 6.45) is 0.204. The number of benzene rings is 1.